The molecule has 1 aliphatic rings. The number of anilines is 1. The first-order valence-electron chi connectivity index (χ1n) is 10.1. The molecule has 0 saturated heterocycles. The van der Waals surface area contributed by atoms with E-state index in [0.29, 0.717) is 21.5 Å². The Balaban J connectivity index is 1.46. The highest BCUT2D eigenvalue weighted by Crippen LogP contribution is 2.38. The lowest BCUT2D eigenvalue weighted by atomic mass is 10.1. The van der Waals surface area contributed by atoms with Gasteiger partial charge in [0.25, 0.3) is 11.5 Å². The molecule has 0 bridgehead atoms. The fraction of sp³-hybridized carbons (Fsp3) is 0.227. The second kappa shape index (κ2) is 9.24. The van der Waals surface area contributed by atoms with Gasteiger partial charge < -0.3 is 5.32 Å². The maximum absolute atomic E-state index is 12.8. The summed E-state index contributed by atoms with van der Waals surface area (Å²) in [7, 11) is 0. The van der Waals surface area contributed by atoms with Crippen LogP contribution in [0.1, 0.15) is 36.8 Å². The minimum absolute atomic E-state index is 0.00907. The summed E-state index contributed by atoms with van der Waals surface area (Å²) in [5.41, 5.74) is 4.97. The van der Waals surface area contributed by atoms with Gasteiger partial charge in [-0.1, -0.05) is 29.8 Å². The van der Waals surface area contributed by atoms with Crippen LogP contribution in [0.25, 0.3) is 10.8 Å². The van der Waals surface area contributed by atoms with E-state index >= 15 is 0 Å². The largest absolute Gasteiger partial charge is 0.324 e. The van der Waals surface area contributed by atoms with E-state index in [1.807, 2.05) is 0 Å². The Morgan fingerprint density at radius 2 is 1.88 bits per heavy atom. The van der Waals surface area contributed by atoms with Gasteiger partial charge in [-0.2, -0.15) is 5.10 Å². The van der Waals surface area contributed by atoms with E-state index in [-0.39, 0.29) is 29.6 Å². The van der Waals surface area contributed by atoms with Crippen LogP contribution >= 0.6 is 23.4 Å². The summed E-state index contributed by atoms with van der Waals surface area (Å²) >= 11 is 7.20. The molecule has 170 valence electrons. The first-order valence-corrected chi connectivity index (χ1v) is 11.4. The molecule has 3 N–H and O–H groups in total. The van der Waals surface area contributed by atoms with Crippen LogP contribution in [-0.2, 0) is 9.59 Å². The molecular weight excluding hydrogens is 466 g/mol. The lowest BCUT2D eigenvalue weighted by Gasteiger charge is -2.23. The summed E-state index contributed by atoms with van der Waals surface area (Å²) in [6, 6.07) is 11.5. The molecule has 1 aromatic heterocycles. The number of halogens is 1. The van der Waals surface area contributed by atoms with Crippen LogP contribution < -0.4 is 21.7 Å². The smallest absolute Gasteiger partial charge is 0.290 e. The molecule has 0 fully saturated rings. The number of hydrogen-bond acceptors (Lipinski definition) is 6. The van der Waals surface area contributed by atoms with Gasteiger partial charge in [-0.05, 0) is 38.1 Å². The molecule has 1 unspecified atom stereocenters. The van der Waals surface area contributed by atoms with Crippen LogP contribution in [-0.4, -0.2) is 32.8 Å². The molecule has 9 nitrogen and oxygen atoms in total. The third kappa shape index (κ3) is 4.71. The molecule has 2 aromatic carbocycles. The van der Waals surface area contributed by atoms with E-state index < -0.39 is 17.1 Å². The number of benzene rings is 2. The molecule has 1 atom stereocenters. The van der Waals surface area contributed by atoms with Gasteiger partial charge in [-0.25, -0.2) is 4.68 Å². The fourth-order valence-electron chi connectivity index (χ4n) is 3.39. The SMILES string of the molecule is CC(C)n1nc(C(=O)NNC(=O)CC2Sc3ccc(Cl)cc3NC2=O)c2ccccc2c1=O. The summed E-state index contributed by atoms with van der Waals surface area (Å²) in [4.78, 5) is 51.0. The van der Waals surface area contributed by atoms with Gasteiger partial charge in [0.1, 0.15) is 0 Å². The summed E-state index contributed by atoms with van der Waals surface area (Å²) < 4.78 is 1.23. The summed E-state index contributed by atoms with van der Waals surface area (Å²) in [5, 5.41) is 7.50. The molecule has 3 amide bonds. The van der Waals surface area contributed by atoms with E-state index in [2.05, 4.69) is 21.3 Å². The zero-order valence-electron chi connectivity index (χ0n) is 17.7. The molecule has 0 radical (unpaired) electrons. The number of hydrazine groups is 1. The highest BCUT2D eigenvalue weighted by Gasteiger charge is 2.29. The van der Waals surface area contributed by atoms with Crippen molar-refractivity contribution in [2.45, 2.75) is 36.5 Å². The second-order valence-corrected chi connectivity index (χ2v) is 9.36. The number of fused-ring (bicyclic) bond motifs is 2. The lowest BCUT2D eigenvalue weighted by molar-refractivity contribution is -0.124. The number of amides is 3. The second-order valence-electron chi connectivity index (χ2n) is 7.68. The highest BCUT2D eigenvalue weighted by molar-refractivity contribution is 8.01. The van der Waals surface area contributed by atoms with Crippen molar-refractivity contribution in [2.75, 3.05) is 5.32 Å². The highest BCUT2D eigenvalue weighted by atomic mass is 35.5. The van der Waals surface area contributed by atoms with Gasteiger partial charge in [0.2, 0.25) is 11.8 Å². The number of aromatic nitrogens is 2. The van der Waals surface area contributed by atoms with Gasteiger partial charge in [0.05, 0.1) is 22.4 Å². The standard InChI is InChI=1S/C22H20ClN5O4S/c1-11(2)28-22(32)14-6-4-3-5-13(14)19(27-28)21(31)26-25-18(29)10-17-20(30)24-15-9-12(23)7-8-16(15)33-17/h3-9,11,17H,10H2,1-2H3,(H,24,30)(H,25,29)(H,26,31). The van der Waals surface area contributed by atoms with Gasteiger partial charge in [-0.3, -0.25) is 30.0 Å². The van der Waals surface area contributed by atoms with Crippen LogP contribution in [0.2, 0.25) is 5.02 Å². The topological polar surface area (TPSA) is 122 Å². The minimum atomic E-state index is -0.672. The maximum atomic E-state index is 12.8. The van der Waals surface area contributed by atoms with Crippen LogP contribution in [0.4, 0.5) is 5.69 Å². The molecule has 2 heterocycles. The Hall–Kier alpha value is -3.37. The maximum Gasteiger partial charge on any atom is 0.290 e. The molecular formula is C22H20ClN5O4S. The molecule has 3 aromatic rings. The van der Waals surface area contributed by atoms with Crippen molar-refractivity contribution in [1.82, 2.24) is 20.6 Å². The van der Waals surface area contributed by atoms with Gasteiger partial charge >= 0.3 is 0 Å². The summed E-state index contributed by atoms with van der Waals surface area (Å²) in [6.45, 7) is 3.57. The Morgan fingerprint density at radius 1 is 1.15 bits per heavy atom. The van der Waals surface area contributed by atoms with Crippen LogP contribution in [0.15, 0.2) is 52.2 Å². The third-order valence-corrected chi connectivity index (χ3v) is 6.49. The average Bonchev–Trinajstić information content (AvgIpc) is 2.78. The van der Waals surface area contributed by atoms with Crippen molar-refractivity contribution >= 4 is 57.5 Å². The normalized spacial score (nSPS) is 15.2. The Kier molecular flexibility index (Phi) is 6.39. The van der Waals surface area contributed by atoms with Crippen LogP contribution in [0.5, 0.6) is 0 Å². The Morgan fingerprint density at radius 3 is 2.61 bits per heavy atom. The molecule has 0 spiro atoms. The van der Waals surface area contributed by atoms with E-state index in [1.54, 1.807) is 56.3 Å². The van der Waals surface area contributed by atoms with E-state index in [4.69, 9.17) is 11.6 Å². The van der Waals surface area contributed by atoms with Crippen molar-refractivity contribution in [3.63, 3.8) is 0 Å². The number of hydrogen-bond donors (Lipinski definition) is 3. The zero-order chi connectivity index (χ0) is 23.7. The fourth-order valence-corrected chi connectivity index (χ4v) is 4.65. The molecule has 33 heavy (non-hydrogen) atoms. The number of nitrogens with one attached hydrogen (secondary N) is 3. The van der Waals surface area contributed by atoms with E-state index in [0.717, 1.165) is 4.90 Å². The molecule has 0 saturated carbocycles. The molecule has 0 aliphatic carbocycles. The number of thioether (sulfide) groups is 1. The molecule has 1 aliphatic heterocycles. The molecule has 11 heteroatoms. The van der Waals surface area contributed by atoms with Crippen molar-refractivity contribution in [2.24, 2.45) is 0 Å². The lowest BCUT2D eigenvalue weighted by Crippen LogP contribution is -2.45. The van der Waals surface area contributed by atoms with Crippen LogP contribution in [0.3, 0.4) is 0 Å². The summed E-state index contributed by atoms with van der Waals surface area (Å²) in [6.07, 6.45) is -0.154. The Bertz CT molecular complexity index is 1340. The summed E-state index contributed by atoms with van der Waals surface area (Å²) in [5.74, 6) is -1.54. The third-order valence-electron chi connectivity index (χ3n) is 4.98. The first-order chi connectivity index (χ1) is 15.7. The monoisotopic (exact) mass is 485 g/mol. The predicted molar refractivity (Wildman–Crippen MR) is 126 cm³/mol. The van der Waals surface area contributed by atoms with Gasteiger partial charge in [-0.15, -0.1) is 11.8 Å². The minimum Gasteiger partial charge on any atom is -0.324 e. The molecule has 4 rings (SSSR count). The van der Waals surface area contributed by atoms with Gasteiger partial charge in [0, 0.05) is 21.7 Å². The van der Waals surface area contributed by atoms with E-state index in [9.17, 15) is 19.2 Å². The average molecular weight is 486 g/mol. The number of carbonyl (C=O) groups is 3. The number of carbonyl (C=O) groups excluding carboxylic acids is 3. The zero-order valence-corrected chi connectivity index (χ0v) is 19.3. The number of nitrogens with zero attached hydrogens (tertiary/aromatic N) is 2. The first kappa shape index (κ1) is 22.8. The van der Waals surface area contributed by atoms with Crippen molar-refractivity contribution in [3.05, 3.63) is 63.5 Å². The number of rotatable bonds is 4. The van der Waals surface area contributed by atoms with Crippen molar-refractivity contribution in [3.8, 4) is 0 Å². The predicted octanol–water partition coefficient (Wildman–Crippen LogP) is 2.89. The Labute approximate surface area is 197 Å². The van der Waals surface area contributed by atoms with Crippen molar-refractivity contribution in [1.29, 1.82) is 0 Å². The quantitative estimate of drug-likeness (QED) is 0.488. The van der Waals surface area contributed by atoms with Crippen molar-refractivity contribution < 1.29 is 14.4 Å². The van der Waals surface area contributed by atoms with E-state index in [1.165, 1.54) is 16.4 Å². The van der Waals surface area contributed by atoms with Crippen LogP contribution in [0, 0.1) is 0 Å². The van der Waals surface area contributed by atoms with Gasteiger partial charge in [0.15, 0.2) is 5.69 Å².